The molecule has 2 aromatic carbocycles. The lowest BCUT2D eigenvalue weighted by Crippen LogP contribution is -2.32. The molecule has 134 valence electrons. The third-order valence-electron chi connectivity index (χ3n) is 4.34. The minimum atomic E-state index is -0.0400. The zero-order valence-corrected chi connectivity index (χ0v) is 15.1. The van der Waals surface area contributed by atoms with Crippen LogP contribution in [0.2, 0.25) is 5.02 Å². The van der Waals surface area contributed by atoms with Crippen molar-refractivity contribution in [1.29, 1.82) is 0 Å². The van der Waals surface area contributed by atoms with Gasteiger partial charge in [0.25, 0.3) is 0 Å². The normalized spacial score (nSPS) is 16.2. The molecular formula is C20H19ClN2O3. The van der Waals surface area contributed by atoms with Crippen LogP contribution in [0.25, 0.3) is 11.3 Å². The fourth-order valence-electron chi connectivity index (χ4n) is 2.90. The molecule has 26 heavy (non-hydrogen) atoms. The lowest BCUT2D eigenvalue weighted by molar-refractivity contribution is -0.0249. The molecule has 6 heteroatoms. The van der Waals surface area contributed by atoms with E-state index in [1.54, 1.807) is 7.11 Å². The van der Waals surface area contributed by atoms with Crippen molar-refractivity contribution in [3.63, 3.8) is 0 Å². The van der Waals surface area contributed by atoms with Gasteiger partial charge in [0.05, 0.1) is 31.6 Å². The van der Waals surface area contributed by atoms with E-state index in [0.29, 0.717) is 24.8 Å². The molecule has 2 heterocycles. The Bertz CT molecular complexity index is 875. The van der Waals surface area contributed by atoms with Gasteiger partial charge in [-0.2, -0.15) is 5.10 Å². The van der Waals surface area contributed by atoms with Crippen molar-refractivity contribution < 1.29 is 14.2 Å². The van der Waals surface area contributed by atoms with Crippen LogP contribution in [0.5, 0.6) is 11.5 Å². The van der Waals surface area contributed by atoms with Gasteiger partial charge in [0.15, 0.2) is 0 Å². The van der Waals surface area contributed by atoms with E-state index in [1.165, 1.54) is 0 Å². The molecule has 0 spiro atoms. The highest BCUT2D eigenvalue weighted by Crippen LogP contribution is 2.25. The zero-order chi connectivity index (χ0) is 17.9. The predicted octanol–water partition coefficient (Wildman–Crippen LogP) is 4.19. The number of hydrogen-bond donors (Lipinski definition) is 0. The molecule has 0 amide bonds. The monoisotopic (exact) mass is 370 g/mol. The Hall–Kier alpha value is -2.50. The molecule has 5 nitrogen and oxygen atoms in total. The summed E-state index contributed by atoms with van der Waals surface area (Å²) >= 11 is 5.89. The standard InChI is InChI=1S/C20H19ClN2O3/c1-24-17-6-2-14(3-7-17)20-10-16-12-25-19(11-23(16)22-20)13-26-18-8-4-15(21)5-9-18/h2-10,19H,11-13H2,1H3. The maximum atomic E-state index is 5.90. The molecule has 1 aliphatic rings. The van der Waals surface area contributed by atoms with Gasteiger partial charge in [-0.3, -0.25) is 4.68 Å². The fraction of sp³-hybridized carbons (Fsp3) is 0.250. The van der Waals surface area contributed by atoms with Crippen LogP contribution in [-0.4, -0.2) is 29.6 Å². The Morgan fingerprint density at radius 3 is 2.58 bits per heavy atom. The summed E-state index contributed by atoms with van der Waals surface area (Å²) in [6.07, 6.45) is -0.0400. The van der Waals surface area contributed by atoms with E-state index in [2.05, 4.69) is 6.07 Å². The van der Waals surface area contributed by atoms with Crippen molar-refractivity contribution in [3.8, 4) is 22.8 Å². The molecule has 0 N–H and O–H groups in total. The largest absolute Gasteiger partial charge is 0.497 e. The number of hydrogen-bond acceptors (Lipinski definition) is 4. The Morgan fingerprint density at radius 1 is 1.12 bits per heavy atom. The van der Waals surface area contributed by atoms with Crippen LogP contribution in [0.1, 0.15) is 5.69 Å². The van der Waals surface area contributed by atoms with E-state index in [4.69, 9.17) is 30.9 Å². The Labute approximate surface area is 157 Å². The second-order valence-electron chi connectivity index (χ2n) is 6.13. The van der Waals surface area contributed by atoms with Crippen LogP contribution in [0.3, 0.4) is 0 Å². The number of halogens is 1. The molecule has 4 rings (SSSR count). The van der Waals surface area contributed by atoms with E-state index < -0.39 is 0 Å². The topological polar surface area (TPSA) is 45.5 Å². The highest BCUT2D eigenvalue weighted by Gasteiger charge is 2.22. The van der Waals surface area contributed by atoms with Crippen molar-refractivity contribution in [3.05, 3.63) is 65.3 Å². The van der Waals surface area contributed by atoms with Crippen LogP contribution < -0.4 is 9.47 Å². The van der Waals surface area contributed by atoms with E-state index in [9.17, 15) is 0 Å². The maximum absolute atomic E-state index is 5.90. The van der Waals surface area contributed by atoms with Gasteiger partial charge in [0.1, 0.15) is 24.2 Å². The fourth-order valence-corrected chi connectivity index (χ4v) is 3.03. The van der Waals surface area contributed by atoms with Gasteiger partial charge in [0.2, 0.25) is 0 Å². The van der Waals surface area contributed by atoms with Crippen LogP contribution >= 0.6 is 11.6 Å². The minimum Gasteiger partial charge on any atom is -0.497 e. The highest BCUT2D eigenvalue weighted by molar-refractivity contribution is 6.30. The Morgan fingerprint density at radius 2 is 1.85 bits per heavy atom. The number of ether oxygens (including phenoxy) is 3. The van der Waals surface area contributed by atoms with Gasteiger partial charge in [-0.25, -0.2) is 0 Å². The Balaban J connectivity index is 1.42. The summed E-state index contributed by atoms with van der Waals surface area (Å²) in [6, 6.07) is 17.3. The van der Waals surface area contributed by atoms with E-state index in [-0.39, 0.29) is 6.10 Å². The number of aromatic nitrogens is 2. The summed E-state index contributed by atoms with van der Waals surface area (Å²) in [4.78, 5) is 0. The lowest BCUT2D eigenvalue weighted by Gasteiger charge is -2.24. The average Bonchev–Trinajstić information content (AvgIpc) is 3.11. The molecule has 0 saturated heterocycles. The first-order chi connectivity index (χ1) is 12.7. The van der Waals surface area contributed by atoms with Crippen molar-refractivity contribution in [2.75, 3.05) is 13.7 Å². The summed E-state index contributed by atoms with van der Waals surface area (Å²) in [5.41, 5.74) is 3.06. The number of fused-ring (bicyclic) bond motifs is 1. The summed E-state index contributed by atoms with van der Waals surface area (Å²) in [5.74, 6) is 1.61. The smallest absolute Gasteiger partial charge is 0.119 e. The summed E-state index contributed by atoms with van der Waals surface area (Å²) in [7, 11) is 1.66. The number of methoxy groups -OCH3 is 1. The van der Waals surface area contributed by atoms with E-state index in [0.717, 1.165) is 28.5 Å². The summed E-state index contributed by atoms with van der Waals surface area (Å²) in [5, 5.41) is 5.41. The quantitative estimate of drug-likeness (QED) is 0.675. The van der Waals surface area contributed by atoms with Crippen molar-refractivity contribution in [2.24, 2.45) is 0 Å². The summed E-state index contributed by atoms with van der Waals surface area (Å²) < 4.78 is 18.9. The van der Waals surface area contributed by atoms with Crippen LogP contribution in [0.4, 0.5) is 0 Å². The molecule has 1 aromatic heterocycles. The van der Waals surface area contributed by atoms with Gasteiger partial charge in [-0.05, 0) is 54.6 Å². The molecule has 1 unspecified atom stereocenters. The van der Waals surface area contributed by atoms with Gasteiger partial charge >= 0.3 is 0 Å². The molecule has 0 bridgehead atoms. The lowest BCUT2D eigenvalue weighted by atomic mass is 10.1. The first-order valence-electron chi connectivity index (χ1n) is 8.42. The number of nitrogens with zero attached hydrogens (tertiary/aromatic N) is 2. The van der Waals surface area contributed by atoms with Gasteiger partial charge in [-0.15, -0.1) is 0 Å². The molecule has 0 radical (unpaired) electrons. The van der Waals surface area contributed by atoms with Gasteiger partial charge in [0, 0.05) is 10.6 Å². The average molecular weight is 371 g/mol. The highest BCUT2D eigenvalue weighted by atomic mass is 35.5. The van der Waals surface area contributed by atoms with Crippen molar-refractivity contribution >= 4 is 11.6 Å². The van der Waals surface area contributed by atoms with Crippen LogP contribution in [0, 0.1) is 0 Å². The molecule has 1 atom stereocenters. The Kier molecular flexibility index (Phi) is 4.82. The predicted molar refractivity (Wildman–Crippen MR) is 99.7 cm³/mol. The second kappa shape index (κ2) is 7.40. The molecular weight excluding hydrogens is 352 g/mol. The maximum Gasteiger partial charge on any atom is 0.119 e. The van der Waals surface area contributed by atoms with Crippen LogP contribution in [-0.2, 0) is 17.9 Å². The zero-order valence-electron chi connectivity index (χ0n) is 14.4. The molecule has 0 fully saturated rings. The first-order valence-corrected chi connectivity index (χ1v) is 8.80. The molecule has 3 aromatic rings. The first kappa shape index (κ1) is 16.9. The van der Waals surface area contributed by atoms with E-state index in [1.807, 2.05) is 53.2 Å². The van der Waals surface area contributed by atoms with Crippen molar-refractivity contribution in [2.45, 2.75) is 19.3 Å². The molecule has 0 aliphatic carbocycles. The van der Waals surface area contributed by atoms with Crippen molar-refractivity contribution in [1.82, 2.24) is 9.78 Å². The molecule has 0 saturated carbocycles. The molecule has 1 aliphatic heterocycles. The third-order valence-corrected chi connectivity index (χ3v) is 4.59. The van der Waals surface area contributed by atoms with Gasteiger partial charge in [-0.1, -0.05) is 11.6 Å². The van der Waals surface area contributed by atoms with Crippen LogP contribution in [0.15, 0.2) is 54.6 Å². The van der Waals surface area contributed by atoms with Gasteiger partial charge < -0.3 is 14.2 Å². The number of benzene rings is 2. The minimum absolute atomic E-state index is 0.0400. The second-order valence-corrected chi connectivity index (χ2v) is 6.57. The summed E-state index contributed by atoms with van der Waals surface area (Å²) in [6.45, 7) is 1.66. The number of rotatable bonds is 5. The third kappa shape index (κ3) is 3.69. The van der Waals surface area contributed by atoms with E-state index >= 15 is 0 Å². The SMILES string of the molecule is COc1ccc(-c2cc3n(n2)CC(COc2ccc(Cl)cc2)OC3)cc1.